The summed E-state index contributed by atoms with van der Waals surface area (Å²) in [6.07, 6.45) is 0. The average Bonchev–Trinajstić information content (AvgIpc) is 2.85. The maximum Gasteiger partial charge on any atom is 0.253 e. The number of carbonyl (C=O) groups is 3. The quantitative estimate of drug-likeness (QED) is 0.416. The van der Waals surface area contributed by atoms with Gasteiger partial charge in [-0.3, -0.25) is 19.3 Å². The number of rotatable bonds is 10. The van der Waals surface area contributed by atoms with Gasteiger partial charge in [-0.1, -0.05) is 42.5 Å². The van der Waals surface area contributed by atoms with E-state index < -0.39 is 0 Å². The Labute approximate surface area is 205 Å². The fraction of sp³-hybridized carbons (Fsp3) is 0.222. The van der Waals surface area contributed by atoms with Crippen LogP contribution >= 0.6 is 0 Å². The first-order valence-corrected chi connectivity index (χ1v) is 11.2. The normalized spacial score (nSPS) is 11.4. The second-order valence-electron chi connectivity index (χ2n) is 8.15. The van der Waals surface area contributed by atoms with Gasteiger partial charge in [0.15, 0.2) is 0 Å². The number of anilines is 2. The van der Waals surface area contributed by atoms with Crippen LogP contribution in [0, 0.1) is 0 Å². The highest BCUT2D eigenvalue weighted by Crippen LogP contribution is 2.18. The summed E-state index contributed by atoms with van der Waals surface area (Å²) in [7, 11) is 3.25. The fourth-order valence-electron chi connectivity index (χ4n) is 3.50. The second kappa shape index (κ2) is 12.3. The molecule has 182 valence electrons. The minimum atomic E-state index is -0.332. The molecule has 1 atom stereocenters. The van der Waals surface area contributed by atoms with Gasteiger partial charge in [-0.05, 0) is 55.9 Å². The third kappa shape index (κ3) is 7.68. The SMILES string of the molecule is COc1ccc(NC(=O)CN(C)CC(=O)Nc2ccccc2C(=O)NC(C)c2ccccc2)cc1. The van der Waals surface area contributed by atoms with E-state index >= 15 is 0 Å². The van der Waals surface area contributed by atoms with Gasteiger partial charge in [-0.15, -0.1) is 0 Å². The maximum absolute atomic E-state index is 12.9. The van der Waals surface area contributed by atoms with E-state index in [4.69, 9.17) is 4.74 Å². The molecule has 0 heterocycles. The summed E-state index contributed by atoms with van der Waals surface area (Å²) >= 11 is 0. The molecule has 3 N–H and O–H groups in total. The number of carbonyl (C=O) groups excluding carboxylic acids is 3. The van der Waals surface area contributed by atoms with Crippen molar-refractivity contribution in [2.75, 3.05) is 37.9 Å². The number of benzene rings is 3. The third-order valence-electron chi connectivity index (χ3n) is 5.29. The Morgan fingerprint density at radius 2 is 1.43 bits per heavy atom. The molecular weight excluding hydrogens is 444 g/mol. The monoisotopic (exact) mass is 474 g/mol. The molecule has 0 bridgehead atoms. The lowest BCUT2D eigenvalue weighted by Crippen LogP contribution is -2.36. The Bertz CT molecular complexity index is 1150. The molecule has 0 aliphatic heterocycles. The largest absolute Gasteiger partial charge is 0.497 e. The lowest BCUT2D eigenvalue weighted by atomic mass is 10.1. The van der Waals surface area contributed by atoms with Crippen molar-refractivity contribution < 1.29 is 19.1 Å². The lowest BCUT2D eigenvalue weighted by molar-refractivity contribution is -0.119. The van der Waals surface area contributed by atoms with Gasteiger partial charge in [0.05, 0.1) is 37.5 Å². The molecule has 0 saturated carbocycles. The molecule has 0 spiro atoms. The van der Waals surface area contributed by atoms with Crippen LogP contribution in [0.25, 0.3) is 0 Å². The molecule has 3 aromatic rings. The standard InChI is InChI=1S/C27H30N4O4/c1-19(20-9-5-4-6-10-20)28-27(34)23-11-7-8-12-24(23)30-26(33)18-31(2)17-25(32)29-21-13-15-22(35-3)16-14-21/h4-16,19H,17-18H2,1-3H3,(H,28,34)(H,29,32)(H,30,33). The third-order valence-corrected chi connectivity index (χ3v) is 5.29. The molecular formula is C27H30N4O4. The van der Waals surface area contributed by atoms with Gasteiger partial charge in [-0.2, -0.15) is 0 Å². The highest BCUT2D eigenvalue weighted by molar-refractivity contribution is 6.04. The first-order valence-electron chi connectivity index (χ1n) is 11.2. The van der Waals surface area contributed by atoms with Gasteiger partial charge < -0.3 is 20.7 Å². The molecule has 0 aliphatic rings. The van der Waals surface area contributed by atoms with E-state index in [1.165, 1.54) is 0 Å². The van der Waals surface area contributed by atoms with E-state index in [0.717, 1.165) is 5.56 Å². The second-order valence-corrected chi connectivity index (χ2v) is 8.15. The molecule has 8 nitrogen and oxygen atoms in total. The van der Waals surface area contributed by atoms with Crippen LogP contribution in [-0.2, 0) is 9.59 Å². The van der Waals surface area contributed by atoms with E-state index in [0.29, 0.717) is 22.7 Å². The summed E-state index contributed by atoms with van der Waals surface area (Å²) in [4.78, 5) is 39.4. The average molecular weight is 475 g/mol. The summed E-state index contributed by atoms with van der Waals surface area (Å²) in [5, 5.41) is 8.53. The molecule has 3 rings (SSSR count). The predicted octanol–water partition coefficient (Wildman–Crippen LogP) is 3.70. The van der Waals surface area contributed by atoms with E-state index in [1.54, 1.807) is 67.6 Å². The lowest BCUT2D eigenvalue weighted by Gasteiger charge is -2.18. The summed E-state index contributed by atoms with van der Waals surface area (Å²) in [6, 6.07) is 23.3. The molecule has 8 heteroatoms. The van der Waals surface area contributed by atoms with Crippen LogP contribution in [-0.4, -0.2) is 49.9 Å². The molecule has 0 radical (unpaired) electrons. The molecule has 0 saturated heterocycles. The highest BCUT2D eigenvalue weighted by Gasteiger charge is 2.17. The van der Waals surface area contributed by atoms with E-state index in [2.05, 4.69) is 16.0 Å². The van der Waals surface area contributed by atoms with Gasteiger partial charge >= 0.3 is 0 Å². The van der Waals surface area contributed by atoms with Gasteiger partial charge in [-0.25, -0.2) is 0 Å². The van der Waals surface area contributed by atoms with Gasteiger partial charge in [0, 0.05) is 5.69 Å². The van der Waals surface area contributed by atoms with Crippen molar-refractivity contribution in [1.29, 1.82) is 0 Å². The van der Waals surface area contributed by atoms with Crippen LogP contribution in [0.5, 0.6) is 5.75 Å². The van der Waals surface area contributed by atoms with E-state index in [-0.39, 0.29) is 36.9 Å². The number of hydrogen-bond donors (Lipinski definition) is 3. The smallest absolute Gasteiger partial charge is 0.253 e. The Kier molecular flexibility index (Phi) is 8.97. The predicted molar refractivity (Wildman–Crippen MR) is 137 cm³/mol. The molecule has 3 amide bonds. The first kappa shape index (κ1) is 25.5. The van der Waals surface area contributed by atoms with Crippen LogP contribution in [0.3, 0.4) is 0 Å². The molecule has 0 fully saturated rings. The zero-order valence-electron chi connectivity index (χ0n) is 20.1. The zero-order valence-corrected chi connectivity index (χ0v) is 20.1. The number of ether oxygens (including phenoxy) is 1. The van der Waals surface area contributed by atoms with Crippen LogP contribution in [0.4, 0.5) is 11.4 Å². The van der Waals surface area contributed by atoms with Crippen molar-refractivity contribution in [3.63, 3.8) is 0 Å². The van der Waals surface area contributed by atoms with Crippen molar-refractivity contribution in [3.8, 4) is 5.75 Å². The van der Waals surface area contributed by atoms with Gasteiger partial charge in [0.2, 0.25) is 11.8 Å². The van der Waals surface area contributed by atoms with Crippen molar-refractivity contribution in [2.24, 2.45) is 0 Å². The Morgan fingerprint density at radius 3 is 2.09 bits per heavy atom. The molecule has 3 aromatic carbocycles. The Hall–Kier alpha value is -4.17. The fourth-order valence-corrected chi connectivity index (χ4v) is 3.50. The van der Waals surface area contributed by atoms with Crippen molar-refractivity contribution in [2.45, 2.75) is 13.0 Å². The molecule has 35 heavy (non-hydrogen) atoms. The number of amides is 3. The number of para-hydroxylation sites is 1. The summed E-state index contributed by atoms with van der Waals surface area (Å²) in [5.41, 5.74) is 2.39. The summed E-state index contributed by atoms with van der Waals surface area (Å²) in [6.45, 7) is 1.91. The van der Waals surface area contributed by atoms with Crippen LogP contribution in [0.1, 0.15) is 28.9 Å². The summed E-state index contributed by atoms with van der Waals surface area (Å²) < 4.78 is 5.10. The highest BCUT2D eigenvalue weighted by atomic mass is 16.5. The van der Waals surface area contributed by atoms with Crippen molar-refractivity contribution >= 4 is 29.1 Å². The van der Waals surface area contributed by atoms with Crippen molar-refractivity contribution in [3.05, 3.63) is 90.0 Å². The topological polar surface area (TPSA) is 99.8 Å². The Morgan fingerprint density at radius 1 is 0.829 bits per heavy atom. The molecule has 0 aromatic heterocycles. The number of methoxy groups -OCH3 is 1. The molecule has 1 unspecified atom stereocenters. The first-order chi connectivity index (χ1) is 16.9. The number of hydrogen-bond acceptors (Lipinski definition) is 5. The summed E-state index contributed by atoms with van der Waals surface area (Å²) in [5.74, 6) is -0.175. The number of nitrogens with zero attached hydrogens (tertiary/aromatic N) is 1. The minimum Gasteiger partial charge on any atom is -0.497 e. The van der Waals surface area contributed by atoms with Crippen LogP contribution in [0.15, 0.2) is 78.9 Å². The van der Waals surface area contributed by atoms with E-state index in [1.807, 2.05) is 37.3 Å². The number of nitrogens with one attached hydrogen (secondary N) is 3. The zero-order chi connectivity index (χ0) is 25.2. The van der Waals surface area contributed by atoms with Crippen LogP contribution < -0.4 is 20.7 Å². The maximum atomic E-state index is 12.9. The van der Waals surface area contributed by atoms with E-state index in [9.17, 15) is 14.4 Å². The van der Waals surface area contributed by atoms with Crippen molar-refractivity contribution in [1.82, 2.24) is 10.2 Å². The minimum absolute atomic E-state index is 0.0214. The van der Waals surface area contributed by atoms with Crippen LogP contribution in [0.2, 0.25) is 0 Å². The number of likely N-dealkylation sites (N-methyl/N-ethyl adjacent to an activating group) is 1. The van der Waals surface area contributed by atoms with Gasteiger partial charge in [0.25, 0.3) is 5.91 Å². The van der Waals surface area contributed by atoms with Gasteiger partial charge in [0.1, 0.15) is 5.75 Å². The molecule has 0 aliphatic carbocycles. The Balaban J connectivity index is 1.53.